The molecule has 7 heteroatoms. The van der Waals surface area contributed by atoms with E-state index in [9.17, 15) is 14.4 Å². The molecule has 0 aliphatic carbocycles. The zero-order chi connectivity index (χ0) is 12.4. The Balaban J connectivity index is 1.99. The summed E-state index contributed by atoms with van der Waals surface area (Å²) in [4.78, 5) is 34.5. The molecule has 2 fully saturated rings. The zero-order valence-electron chi connectivity index (χ0n) is 9.13. The molecular weight excluding hydrogens is 230 g/mol. The molecule has 0 aromatic carbocycles. The van der Waals surface area contributed by atoms with Crippen LogP contribution in [0.1, 0.15) is 25.7 Å². The van der Waals surface area contributed by atoms with Crippen LogP contribution in [-0.4, -0.2) is 46.9 Å². The Labute approximate surface area is 97.3 Å². The van der Waals surface area contributed by atoms with Crippen molar-refractivity contribution >= 4 is 18.0 Å². The molecule has 0 spiro atoms. The number of hydrogen-bond acceptors (Lipinski definition) is 5. The number of amides is 2. The van der Waals surface area contributed by atoms with Crippen LogP contribution in [-0.2, 0) is 19.1 Å². The molecule has 7 nitrogen and oxygen atoms in total. The average molecular weight is 243 g/mol. The zero-order valence-corrected chi connectivity index (χ0v) is 9.13. The lowest BCUT2D eigenvalue weighted by Crippen LogP contribution is -2.46. The van der Waals surface area contributed by atoms with Crippen LogP contribution < -0.4 is 0 Å². The Hall–Kier alpha value is -1.63. The molecule has 2 saturated heterocycles. The Bertz CT molecular complexity index is 339. The predicted molar refractivity (Wildman–Crippen MR) is 53.0 cm³/mol. The molecular formula is C10H13NO6. The fourth-order valence-electron chi connectivity index (χ4n) is 2.09. The number of carbonyl (C=O) groups is 3. The van der Waals surface area contributed by atoms with Gasteiger partial charge in [-0.25, -0.2) is 4.79 Å². The summed E-state index contributed by atoms with van der Waals surface area (Å²) in [5.41, 5.74) is 0. The maximum Gasteiger partial charge on any atom is 0.506 e. The standard InChI is InChI=1S/C10H13NO6/c12-7-1-2-8(13)11(7)9-5-6(3-4-16-9)17-10(14)15/h6,9H,1-5H2,(H,14,15). The maximum absolute atomic E-state index is 11.5. The van der Waals surface area contributed by atoms with Crippen LogP contribution in [0.2, 0.25) is 0 Å². The molecule has 2 rings (SSSR count). The van der Waals surface area contributed by atoms with Crippen molar-refractivity contribution in [2.75, 3.05) is 6.61 Å². The fourth-order valence-corrected chi connectivity index (χ4v) is 2.09. The summed E-state index contributed by atoms with van der Waals surface area (Å²) < 4.78 is 9.96. The highest BCUT2D eigenvalue weighted by Crippen LogP contribution is 2.24. The number of hydrogen-bond donors (Lipinski definition) is 1. The second-order valence-corrected chi connectivity index (χ2v) is 4.01. The molecule has 0 bridgehead atoms. The van der Waals surface area contributed by atoms with Gasteiger partial charge >= 0.3 is 6.16 Å². The second kappa shape index (κ2) is 4.70. The highest BCUT2D eigenvalue weighted by Gasteiger charge is 2.39. The van der Waals surface area contributed by atoms with Gasteiger partial charge in [0.25, 0.3) is 0 Å². The summed E-state index contributed by atoms with van der Waals surface area (Å²) in [6.07, 6.45) is -1.51. The number of rotatable bonds is 2. The first-order valence-electron chi connectivity index (χ1n) is 5.44. The van der Waals surface area contributed by atoms with Crippen LogP contribution in [0.3, 0.4) is 0 Å². The first kappa shape index (κ1) is 11.8. The average Bonchev–Trinajstić information content (AvgIpc) is 2.58. The minimum atomic E-state index is -1.35. The summed E-state index contributed by atoms with van der Waals surface area (Å²) in [7, 11) is 0. The predicted octanol–water partition coefficient (Wildman–Crippen LogP) is 0.335. The number of ether oxygens (including phenoxy) is 2. The SMILES string of the molecule is O=C(O)OC1CCOC(N2C(=O)CCC2=O)C1. The van der Waals surface area contributed by atoms with Gasteiger partial charge in [-0.2, -0.15) is 0 Å². The Morgan fingerprint density at radius 3 is 2.59 bits per heavy atom. The summed E-state index contributed by atoms with van der Waals surface area (Å²) in [6.45, 7) is 0.277. The van der Waals surface area contributed by atoms with E-state index >= 15 is 0 Å². The van der Waals surface area contributed by atoms with E-state index in [2.05, 4.69) is 4.74 Å². The monoisotopic (exact) mass is 243 g/mol. The van der Waals surface area contributed by atoms with Crippen molar-refractivity contribution in [1.29, 1.82) is 0 Å². The van der Waals surface area contributed by atoms with E-state index in [4.69, 9.17) is 9.84 Å². The third-order valence-corrected chi connectivity index (χ3v) is 2.86. The number of carboxylic acid groups (broad SMARTS) is 1. The molecule has 17 heavy (non-hydrogen) atoms. The lowest BCUT2D eigenvalue weighted by molar-refractivity contribution is -0.164. The third kappa shape index (κ3) is 2.55. The van der Waals surface area contributed by atoms with Crippen LogP contribution in [0.25, 0.3) is 0 Å². The van der Waals surface area contributed by atoms with Gasteiger partial charge in [-0.05, 0) is 0 Å². The van der Waals surface area contributed by atoms with Gasteiger partial charge in [0, 0.05) is 25.7 Å². The van der Waals surface area contributed by atoms with E-state index in [-0.39, 0.29) is 37.7 Å². The Morgan fingerprint density at radius 2 is 2.00 bits per heavy atom. The van der Waals surface area contributed by atoms with Gasteiger partial charge in [0.1, 0.15) is 12.3 Å². The molecule has 2 aliphatic rings. The molecule has 0 radical (unpaired) electrons. The number of likely N-dealkylation sites (tertiary alicyclic amines) is 1. The maximum atomic E-state index is 11.5. The summed E-state index contributed by atoms with van der Waals surface area (Å²) in [6, 6.07) is 0. The molecule has 2 amide bonds. The van der Waals surface area contributed by atoms with E-state index in [1.165, 1.54) is 0 Å². The molecule has 2 heterocycles. The summed E-state index contributed by atoms with van der Waals surface area (Å²) >= 11 is 0. The van der Waals surface area contributed by atoms with Crippen molar-refractivity contribution in [3.05, 3.63) is 0 Å². The van der Waals surface area contributed by atoms with Crippen molar-refractivity contribution in [3.63, 3.8) is 0 Å². The molecule has 2 atom stereocenters. The van der Waals surface area contributed by atoms with Crippen molar-refractivity contribution < 1.29 is 29.0 Å². The third-order valence-electron chi connectivity index (χ3n) is 2.86. The number of nitrogens with zero attached hydrogens (tertiary/aromatic N) is 1. The van der Waals surface area contributed by atoms with Crippen molar-refractivity contribution in [3.8, 4) is 0 Å². The number of carbonyl (C=O) groups excluding carboxylic acids is 2. The van der Waals surface area contributed by atoms with E-state index in [1.807, 2.05) is 0 Å². The molecule has 0 saturated carbocycles. The highest BCUT2D eigenvalue weighted by atomic mass is 16.7. The minimum Gasteiger partial charge on any atom is -0.450 e. The topological polar surface area (TPSA) is 93.1 Å². The van der Waals surface area contributed by atoms with Crippen LogP contribution >= 0.6 is 0 Å². The van der Waals surface area contributed by atoms with Gasteiger partial charge in [0.15, 0.2) is 0 Å². The van der Waals surface area contributed by atoms with E-state index < -0.39 is 18.5 Å². The van der Waals surface area contributed by atoms with Gasteiger partial charge in [0.2, 0.25) is 11.8 Å². The van der Waals surface area contributed by atoms with E-state index in [0.29, 0.717) is 6.42 Å². The van der Waals surface area contributed by atoms with Crippen LogP contribution in [0.4, 0.5) is 4.79 Å². The van der Waals surface area contributed by atoms with Crippen LogP contribution in [0.5, 0.6) is 0 Å². The molecule has 1 N–H and O–H groups in total. The van der Waals surface area contributed by atoms with Gasteiger partial charge in [0.05, 0.1) is 6.61 Å². The highest BCUT2D eigenvalue weighted by molar-refractivity contribution is 6.02. The summed E-state index contributed by atoms with van der Waals surface area (Å²) in [5.74, 6) is -0.535. The summed E-state index contributed by atoms with van der Waals surface area (Å²) in [5, 5.41) is 8.51. The Morgan fingerprint density at radius 1 is 1.35 bits per heavy atom. The molecule has 0 aromatic rings. The van der Waals surface area contributed by atoms with Crippen molar-refractivity contribution in [2.24, 2.45) is 0 Å². The minimum absolute atomic E-state index is 0.198. The quantitative estimate of drug-likeness (QED) is 0.555. The van der Waals surface area contributed by atoms with Crippen molar-refractivity contribution in [1.82, 2.24) is 4.90 Å². The van der Waals surface area contributed by atoms with Gasteiger partial charge in [-0.15, -0.1) is 0 Å². The molecule has 94 valence electrons. The largest absolute Gasteiger partial charge is 0.506 e. The fraction of sp³-hybridized carbons (Fsp3) is 0.700. The number of imide groups is 1. The van der Waals surface area contributed by atoms with Crippen LogP contribution in [0, 0.1) is 0 Å². The molecule has 2 unspecified atom stereocenters. The first-order chi connectivity index (χ1) is 8.08. The van der Waals surface area contributed by atoms with E-state index in [0.717, 1.165) is 4.90 Å². The smallest absolute Gasteiger partial charge is 0.450 e. The molecule has 2 aliphatic heterocycles. The van der Waals surface area contributed by atoms with Gasteiger partial charge in [-0.3, -0.25) is 14.5 Å². The first-order valence-corrected chi connectivity index (χ1v) is 5.44. The molecule has 0 aromatic heterocycles. The second-order valence-electron chi connectivity index (χ2n) is 4.01. The Kier molecular flexibility index (Phi) is 3.28. The van der Waals surface area contributed by atoms with Crippen molar-refractivity contribution in [2.45, 2.75) is 38.0 Å². The lowest BCUT2D eigenvalue weighted by atomic mass is 10.1. The van der Waals surface area contributed by atoms with Crippen LogP contribution in [0.15, 0.2) is 0 Å². The van der Waals surface area contributed by atoms with Gasteiger partial charge < -0.3 is 14.6 Å². The van der Waals surface area contributed by atoms with E-state index in [1.54, 1.807) is 0 Å². The van der Waals surface area contributed by atoms with Gasteiger partial charge in [-0.1, -0.05) is 0 Å². The normalized spacial score (nSPS) is 29.5. The lowest BCUT2D eigenvalue weighted by Gasteiger charge is -2.33.